The van der Waals surface area contributed by atoms with Crippen LogP contribution in [-0.4, -0.2) is 0 Å². The lowest BCUT2D eigenvalue weighted by molar-refractivity contribution is 0.258. The molecule has 0 spiro atoms. The molecule has 84 valence electrons. The highest BCUT2D eigenvalue weighted by Gasteiger charge is 2.20. The molecule has 0 aliphatic rings. The summed E-state index contributed by atoms with van der Waals surface area (Å²) in [6, 6.07) is 0. The highest BCUT2D eigenvalue weighted by atomic mass is 14.3. The van der Waals surface area contributed by atoms with E-state index in [1.807, 2.05) is 0 Å². The van der Waals surface area contributed by atoms with Gasteiger partial charge in [-0.1, -0.05) is 44.8 Å². The third-order valence-electron chi connectivity index (χ3n) is 3.66. The van der Waals surface area contributed by atoms with Crippen molar-refractivity contribution in [3.63, 3.8) is 0 Å². The fourth-order valence-electron chi connectivity index (χ4n) is 1.82. The van der Waals surface area contributed by atoms with Crippen molar-refractivity contribution in [1.29, 1.82) is 0 Å². The molecule has 0 heterocycles. The highest BCUT2D eigenvalue weighted by molar-refractivity contribution is 5.06. The first-order valence-corrected chi connectivity index (χ1v) is 6.08. The van der Waals surface area contributed by atoms with Gasteiger partial charge in [-0.15, -0.1) is 0 Å². The van der Waals surface area contributed by atoms with Gasteiger partial charge in [0.2, 0.25) is 0 Å². The minimum absolute atomic E-state index is 0.575. The van der Waals surface area contributed by atoms with Crippen molar-refractivity contribution < 1.29 is 0 Å². The molecule has 0 saturated carbocycles. The molecule has 0 radical (unpaired) electrons. The van der Waals surface area contributed by atoms with Gasteiger partial charge in [0.1, 0.15) is 0 Å². The van der Waals surface area contributed by atoms with Crippen LogP contribution < -0.4 is 0 Å². The average molecular weight is 196 g/mol. The van der Waals surface area contributed by atoms with Crippen molar-refractivity contribution in [2.24, 2.45) is 5.41 Å². The molecular formula is C14H28. The van der Waals surface area contributed by atoms with Crippen LogP contribution in [0.5, 0.6) is 0 Å². The number of hydrogen-bond acceptors (Lipinski definition) is 0. The van der Waals surface area contributed by atoms with Crippen LogP contribution in [0.1, 0.15) is 73.6 Å². The zero-order valence-corrected chi connectivity index (χ0v) is 11.0. The molecule has 0 aromatic carbocycles. The largest absolute Gasteiger partial charge is 0.0775 e. The molecule has 0 saturated heterocycles. The molecule has 0 aliphatic heterocycles. The van der Waals surface area contributed by atoms with Crippen LogP contribution in [0.4, 0.5) is 0 Å². The molecule has 0 N–H and O–H groups in total. The molecule has 14 heavy (non-hydrogen) atoms. The van der Waals surface area contributed by atoms with Crippen LogP contribution in [0.3, 0.4) is 0 Å². The summed E-state index contributed by atoms with van der Waals surface area (Å²) < 4.78 is 0. The minimum Gasteiger partial charge on any atom is -0.0775 e. The predicted octanol–water partition coefficient (Wildman–Crippen LogP) is 5.34. The molecule has 0 aliphatic carbocycles. The predicted molar refractivity (Wildman–Crippen MR) is 66.6 cm³/mol. The van der Waals surface area contributed by atoms with Crippen LogP contribution in [0.15, 0.2) is 11.1 Å². The van der Waals surface area contributed by atoms with E-state index in [2.05, 4.69) is 41.5 Å². The third kappa shape index (κ3) is 4.83. The van der Waals surface area contributed by atoms with Gasteiger partial charge in [0.05, 0.1) is 0 Å². The molecule has 0 bridgehead atoms. The maximum Gasteiger partial charge on any atom is -0.0315 e. The Morgan fingerprint density at radius 3 is 1.93 bits per heavy atom. The summed E-state index contributed by atoms with van der Waals surface area (Å²) in [4.78, 5) is 0. The number of allylic oxidation sites excluding steroid dienone is 2. The topological polar surface area (TPSA) is 0 Å². The van der Waals surface area contributed by atoms with E-state index in [1.54, 1.807) is 5.57 Å². The molecule has 1 unspecified atom stereocenters. The molecule has 1 atom stereocenters. The van der Waals surface area contributed by atoms with E-state index in [1.165, 1.54) is 37.7 Å². The number of rotatable bonds is 6. The Kier molecular flexibility index (Phi) is 6.15. The van der Waals surface area contributed by atoms with E-state index in [0.29, 0.717) is 5.41 Å². The number of hydrogen-bond donors (Lipinski definition) is 0. The maximum atomic E-state index is 2.44. The van der Waals surface area contributed by atoms with Crippen molar-refractivity contribution >= 4 is 0 Å². The van der Waals surface area contributed by atoms with Crippen LogP contribution in [0.2, 0.25) is 0 Å². The molecule has 0 amide bonds. The Hall–Kier alpha value is -0.260. The second kappa shape index (κ2) is 6.27. The van der Waals surface area contributed by atoms with Gasteiger partial charge in [0.25, 0.3) is 0 Å². The molecule has 0 nitrogen and oxygen atoms in total. The molecular weight excluding hydrogens is 168 g/mol. The summed E-state index contributed by atoms with van der Waals surface area (Å²) in [6.45, 7) is 13.8. The van der Waals surface area contributed by atoms with E-state index in [4.69, 9.17) is 0 Å². The summed E-state index contributed by atoms with van der Waals surface area (Å²) in [5, 5.41) is 0. The molecule has 0 aromatic heterocycles. The first-order chi connectivity index (χ1) is 6.45. The van der Waals surface area contributed by atoms with E-state index in [0.717, 1.165) is 0 Å². The summed E-state index contributed by atoms with van der Waals surface area (Å²) in [5.74, 6) is 0. The van der Waals surface area contributed by atoms with E-state index < -0.39 is 0 Å². The van der Waals surface area contributed by atoms with Crippen molar-refractivity contribution in [2.75, 3.05) is 0 Å². The average Bonchev–Trinajstić information content (AvgIpc) is 2.14. The summed E-state index contributed by atoms with van der Waals surface area (Å²) in [6.07, 6.45) is 6.65. The fourth-order valence-corrected chi connectivity index (χ4v) is 1.82. The third-order valence-corrected chi connectivity index (χ3v) is 3.66. The van der Waals surface area contributed by atoms with Gasteiger partial charge in [0, 0.05) is 0 Å². The monoisotopic (exact) mass is 196 g/mol. The highest BCUT2D eigenvalue weighted by Crippen LogP contribution is 2.34. The first kappa shape index (κ1) is 13.7. The Labute approximate surface area is 90.8 Å². The van der Waals surface area contributed by atoms with Gasteiger partial charge in [0.15, 0.2) is 0 Å². The molecule has 0 fully saturated rings. The van der Waals surface area contributed by atoms with Gasteiger partial charge in [-0.2, -0.15) is 0 Å². The Morgan fingerprint density at radius 2 is 1.57 bits per heavy atom. The van der Waals surface area contributed by atoms with E-state index >= 15 is 0 Å². The van der Waals surface area contributed by atoms with Crippen molar-refractivity contribution in [3.8, 4) is 0 Å². The molecule has 0 aromatic rings. The second-order valence-corrected chi connectivity index (χ2v) is 5.19. The smallest absolute Gasteiger partial charge is 0.0315 e. The van der Waals surface area contributed by atoms with Gasteiger partial charge in [-0.3, -0.25) is 0 Å². The maximum absolute atomic E-state index is 2.44. The lowest BCUT2D eigenvalue weighted by atomic mass is 9.78. The van der Waals surface area contributed by atoms with E-state index in [9.17, 15) is 0 Å². The van der Waals surface area contributed by atoms with Crippen LogP contribution in [-0.2, 0) is 0 Å². The van der Waals surface area contributed by atoms with Gasteiger partial charge in [-0.05, 0) is 45.4 Å². The Bertz CT molecular complexity index is 184. The summed E-state index contributed by atoms with van der Waals surface area (Å²) >= 11 is 0. The lowest BCUT2D eigenvalue weighted by Gasteiger charge is -2.28. The van der Waals surface area contributed by atoms with Crippen LogP contribution in [0, 0.1) is 5.41 Å². The second-order valence-electron chi connectivity index (χ2n) is 5.19. The van der Waals surface area contributed by atoms with Crippen LogP contribution >= 0.6 is 0 Å². The summed E-state index contributed by atoms with van der Waals surface area (Å²) in [7, 11) is 0. The normalized spacial score (nSPS) is 15.0. The quantitative estimate of drug-likeness (QED) is 0.503. The van der Waals surface area contributed by atoms with Gasteiger partial charge >= 0.3 is 0 Å². The minimum atomic E-state index is 0.575. The standard InChI is InChI=1S/C14H28/c1-7-10-14(6,8-2)11-9-13(5)12(3)4/h7-11H2,1-6H3. The zero-order valence-electron chi connectivity index (χ0n) is 11.0. The SMILES string of the molecule is CCCC(C)(CC)CCC(C)=C(C)C. The lowest BCUT2D eigenvalue weighted by Crippen LogP contribution is -2.14. The van der Waals surface area contributed by atoms with Gasteiger partial charge in [-0.25, -0.2) is 0 Å². The van der Waals surface area contributed by atoms with Crippen molar-refractivity contribution in [2.45, 2.75) is 73.6 Å². The van der Waals surface area contributed by atoms with Crippen molar-refractivity contribution in [1.82, 2.24) is 0 Å². The Balaban J connectivity index is 4.14. The fraction of sp³-hybridized carbons (Fsp3) is 0.857. The van der Waals surface area contributed by atoms with E-state index in [-0.39, 0.29) is 0 Å². The zero-order chi connectivity index (χ0) is 11.2. The van der Waals surface area contributed by atoms with Gasteiger partial charge < -0.3 is 0 Å². The first-order valence-electron chi connectivity index (χ1n) is 6.08. The summed E-state index contributed by atoms with van der Waals surface area (Å²) in [5.41, 5.74) is 3.66. The molecule has 0 heteroatoms. The van der Waals surface area contributed by atoms with Crippen molar-refractivity contribution in [3.05, 3.63) is 11.1 Å². The molecule has 0 rings (SSSR count). The Morgan fingerprint density at radius 1 is 1.00 bits per heavy atom. The van der Waals surface area contributed by atoms with Crippen LogP contribution in [0.25, 0.3) is 0 Å².